The van der Waals surface area contributed by atoms with Gasteiger partial charge in [-0.3, -0.25) is 0 Å². The second kappa shape index (κ2) is 6.49. The lowest BCUT2D eigenvalue weighted by atomic mass is 10.2. The van der Waals surface area contributed by atoms with Gasteiger partial charge >= 0.3 is 5.69 Å². The molecule has 0 spiro atoms. The quantitative estimate of drug-likeness (QED) is 0.544. The molecule has 120 valence electrons. The van der Waals surface area contributed by atoms with Crippen molar-refractivity contribution in [1.82, 2.24) is 14.9 Å². The van der Waals surface area contributed by atoms with Crippen molar-refractivity contribution in [1.29, 1.82) is 0 Å². The molecule has 0 radical (unpaired) electrons. The minimum absolute atomic E-state index is 0.322. The minimum Gasteiger partial charge on any atom is -0.192 e. The average molecular weight is 327 g/mol. The molecule has 3 aromatic carbocycles. The van der Waals surface area contributed by atoms with Gasteiger partial charge in [0, 0.05) is 5.56 Å². The maximum Gasteiger partial charge on any atom is 0.550 e. The molecule has 0 atom stereocenters. The summed E-state index contributed by atoms with van der Waals surface area (Å²) >= 11 is 0. The lowest BCUT2D eigenvalue weighted by Crippen LogP contribution is -2.56. The van der Waals surface area contributed by atoms with Gasteiger partial charge in [0.2, 0.25) is 5.82 Å². The summed E-state index contributed by atoms with van der Waals surface area (Å²) < 4.78 is 2.75. The SMILES string of the molecule is O=c1n(-c2ccccc2)nc(-c2ccccc2)n[n+]1-c1ccccc1. The molecular weight excluding hydrogens is 312 g/mol. The molecule has 0 bridgehead atoms. The Morgan fingerprint density at radius 2 is 1.28 bits per heavy atom. The summed E-state index contributed by atoms with van der Waals surface area (Å²) in [6.07, 6.45) is 0. The minimum atomic E-state index is -0.322. The molecular formula is C20H15N4O+. The summed E-state index contributed by atoms with van der Waals surface area (Å²) in [7, 11) is 0. The molecule has 4 rings (SSSR count). The van der Waals surface area contributed by atoms with Gasteiger partial charge in [-0.15, -0.1) is 0 Å². The highest BCUT2D eigenvalue weighted by atomic mass is 16.2. The van der Waals surface area contributed by atoms with Crippen molar-refractivity contribution in [3.05, 3.63) is 101 Å². The number of benzene rings is 3. The van der Waals surface area contributed by atoms with Crippen LogP contribution in [0.25, 0.3) is 22.8 Å². The first-order chi connectivity index (χ1) is 12.3. The standard InChI is InChI=1S/C20H15N4O/c25-20-23(17-12-6-2-7-13-17)21-19(16-10-4-1-5-11-16)22-24(20)18-14-8-3-9-15-18/h1-15H/q+1. The smallest absolute Gasteiger partial charge is 0.192 e. The number of rotatable bonds is 3. The Morgan fingerprint density at radius 1 is 0.720 bits per heavy atom. The molecule has 1 heterocycles. The molecule has 0 fully saturated rings. The Hall–Kier alpha value is -3.60. The predicted octanol–water partition coefficient (Wildman–Crippen LogP) is 2.57. The molecule has 25 heavy (non-hydrogen) atoms. The van der Waals surface area contributed by atoms with Crippen LogP contribution in [0.2, 0.25) is 0 Å². The van der Waals surface area contributed by atoms with Crippen molar-refractivity contribution in [2.45, 2.75) is 0 Å². The van der Waals surface area contributed by atoms with Crippen molar-refractivity contribution in [3.8, 4) is 22.8 Å². The second-order valence-electron chi connectivity index (χ2n) is 5.47. The highest BCUT2D eigenvalue weighted by Crippen LogP contribution is 2.12. The first-order valence-electron chi connectivity index (χ1n) is 7.93. The Bertz CT molecular complexity index is 982. The molecule has 0 aliphatic carbocycles. The Labute approximate surface area is 144 Å². The largest absolute Gasteiger partial charge is 0.550 e. The van der Waals surface area contributed by atoms with Gasteiger partial charge in [0.25, 0.3) is 0 Å². The zero-order valence-corrected chi connectivity index (χ0v) is 13.4. The fourth-order valence-electron chi connectivity index (χ4n) is 2.56. The summed E-state index contributed by atoms with van der Waals surface area (Å²) in [6, 6.07) is 28.3. The fraction of sp³-hybridized carbons (Fsp3) is 0. The van der Waals surface area contributed by atoms with E-state index in [2.05, 4.69) is 10.2 Å². The van der Waals surface area contributed by atoms with Gasteiger partial charge in [-0.2, -0.15) is 4.79 Å². The van der Waals surface area contributed by atoms with Crippen LogP contribution >= 0.6 is 0 Å². The molecule has 0 saturated carbocycles. The highest BCUT2D eigenvalue weighted by molar-refractivity contribution is 5.53. The van der Waals surface area contributed by atoms with Gasteiger partial charge in [0.15, 0.2) is 11.4 Å². The van der Waals surface area contributed by atoms with Crippen LogP contribution in [0, 0.1) is 0 Å². The lowest BCUT2D eigenvalue weighted by Gasteiger charge is -2.03. The molecule has 0 aliphatic heterocycles. The van der Waals surface area contributed by atoms with Crippen LogP contribution in [0.4, 0.5) is 0 Å². The van der Waals surface area contributed by atoms with Gasteiger partial charge in [-0.25, -0.2) is 0 Å². The van der Waals surface area contributed by atoms with E-state index in [-0.39, 0.29) is 5.69 Å². The van der Waals surface area contributed by atoms with Crippen molar-refractivity contribution in [3.63, 3.8) is 0 Å². The molecule has 0 amide bonds. The Balaban J connectivity index is 2.00. The maximum absolute atomic E-state index is 13.0. The third-order valence-electron chi connectivity index (χ3n) is 3.79. The highest BCUT2D eigenvalue weighted by Gasteiger charge is 2.21. The van der Waals surface area contributed by atoms with E-state index in [1.54, 1.807) is 0 Å². The van der Waals surface area contributed by atoms with E-state index in [0.29, 0.717) is 17.2 Å². The number of hydrogen-bond donors (Lipinski definition) is 0. The molecule has 5 nitrogen and oxygen atoms in total. The van der Waals surface area contributed by atoms with E-state index in [0.717, 1.165) is 5.56 Å². The third kappa shape index (κ3) is 2.95. The first-order valence-corrected chi connectivity index (χ1v) is 7.93. The van der Waals surface area contributed by atoms with E-state index in [9.17, 15) is 4.79 Å². The first kappa shape index (κ1) is 15.0. The topological polar surface area (TPSA) is 51.7 Å². The predicted molar refractivity (Wildman–Crippen MR) is 94.6 cm³/mol. The second-order valence-corrected chi connectivity index (χ2v) is 5.47. The van der Waals surface area contributed by atoms with Crippen molar-refractivity contribution >= 4 is 0 Å². The van der Waals surface area contributed by atoms with Crippen LogP contribution in [-0.2, 0) is 0 Å². The summed E-state index contributed by atoms with van der Waals surface area (Å²) in [5.41, 5.74) is 1.91. The lowest BCUT2D eigenvalue weighted by molar-refractivity contribution is -0.679. The van der Waals surface area contributed by atoms with E-state index in [1.165, 1.54) is 9.36 Å². The normalized spacial score (nSPS) is 10.6. The number of hydrogen-bond acceptors (Lipinski definition) is 3. The van der Waals surface area contributed by atoms with Gasteiger partial charge in [-0.1, -0.05) is 76.1 Å². The summed E-state index contributed by atoms with van der Waals surface area (Å²) in [5.74, 6) is 0.480. The number of nitrogens with zero attached hydrogens (tertiary/aromatic N) is 4. The van der Waals surface area contributed by atoms with E-state index in [4.69, 9.17) is 0 Å². The summed E-state index contributed by atoms with van der Waals surface area (Å²) in [4.78, 5) is 13.0. The number of aromatic nitrogens is 4. The fourth-order valence-corrected chi connectivity index (χ4v) is 2.56. The number of para-hydroxylation sites is 2. The molecule has 1 aromatic heterocycles. The molecule has 0 saturated heterocycles. The van der Waals surface area contributed by atoms with E-state index in [1.807, 2.05) is 91.0 Å². The van der Waals surface area contributed by atoms with Crippen LogP contribution in [0.1, 0.15) is 0 Å². The summed E-state index contributed by atoms with van der Waals surface area (Å²) in [6.45, 7) is 0. The zero-order valence-electron chi connectivity index (χ0n) is 13.4. The third-order valence-corrected chi connectivity index (χ3v) is 3.79. The zero-order chi connectivity index (χ0) is 17.1. The Morgan fingerprint density at radius 3 is 1.92 bits per heavy atom. The van der Waals surface area contributed by atoms with Crippen molar-refractivity contribution < 1.29 is 4.68 Å². The van der Waals surface area contributed by atoms with E-state index < -0.39 is 0 Å². The summed E-state index contributed by atoms with van der Waals surface area (Å²) in [5, 5.41) is 8.94. The van der Waals surface area contributed by atoms with Gasteiger partial charge in [-0.05, 0) is 34.5 Å². The maximum atomic E-state index is 13.0. The molecule has 0 aliphatic rings. The molecule has 0 N–H and O–H groups in total. The molecule has 5 heteroatoms. The average Bonchev–Trinajstić information content (AvgIpc) is 2.70. The van der Waals surface area contributed by atoms with E-state index >= 15 is 0 Å². The molecule has 4 aromatic rings. The van der Waals surface area contributed by atoms with Gasteiger partial charge < -0.3 is 0 Å². The van der Waals surface area contributed by atoms with Crippen LogP contribution in [0.3, 0.4) is 0 Å². The van der Waals surface area contributed by atoms with Crippen LogP contribution in [-0.4, -0.2) is 14.9 Å². The van der Waals surface area contributed by atoms with Crippen LogP contribution in [0.15, 0.2) is 95.8 Å². The molecule has 0 unspecified atom stereocenters. The van der Waals surface area contributed by atoms with Crippen LogP contribution in [0.5, 0.6) is 0 Å². The van der Waals surface area contributed by atoms with Crippen LogP contribution < -0.4 is 10.4 Å². The van der Waals surface area contributed by atoms with Crippen molar-refractivity contribution in [2.24, 2.45) is 0 Å². The van der Waals surface area contributed by atoms with Gasteiger partial charge in [0.1, 0.15) is 0 Å². The Kier molecular flexibility index (Phi) is 3.88. The van der Waals surface area contributed by atoms with Gasteiger partial charge in [0.05, 0.1) is 0 Å². The van der Waals surface area contributed by atoms with Crippen molar-refractivity contribution in [2.75, 3.05) is 0 Å². The monoisotopic (exact) mass is 327 g/mol.